The van der Waals surface area contributed by atoms with Crippen LogP contribution in [-0.2, 0) is 34.4 Å². The molecule has 2 aliphatic heterocycles. The van der Waals surface area contributed by atoms with E-state index in [2.05, 4.69) is 20.6 Å². The molecule has 35 heavy (non-hydrogen) atoms. The summed E-state index contributed by atoms with van der Waals surface area (Å²) in [5, 5.41) is 7.31. The van der Waals surface area contributed by atoms with Crippen molar-refractivity contribution >= 4 is 23.4 Å². The van der Waals surface area contributed by atoms with Crippen molar-refractivity contribution in [2.45, 2.75) is 43.7 Å². The number of rotatable bonds is 6. The Morgan fingerprint density at radius 3 is 2.54 bits per heavy atom. The number of carbonyl (C=O) groups excluding carboxylic acids is 2. The SMILES string of the molecule is O=C(Cc1ccc(Cl)cc1)N[C@H](Cc1ccccc1)C(=O)N1CCC2(CC1)NCCc1[nH]cnc12. The third-order valence-electron chi connectivity index (χ3n) is 7.13. The molecule has 1 atom stereocenters. The molecule has 7 nitrogen and oxygen atoms in total. The average Bonchev–Trinajstić information content (AvgIpc) is 3.37. The molecule has 182 valence electrons. The first kappa shape index (κ1) is 23.6. The number of piperidine rings is 1. The van der Waals surface area contributed by atoms with Gasteiger partial charge < -0.3 is 20.5 Å². The predicted octanol–water partition coefficient (Wildman–Crippen LogP) is 3.00. The number of aromatic nitrogens is 2. The Morgan fingerprint density at radius 1 is 1.06 bits per heavy atom. The Labute approximate surface area is 210 Å². The number of hydrogen-bond acceptors (Lipinski definition) is 4. The van der Waals surface area contributed by atoms with E-state index in [1.54, 1.807) is 18.5 Å². The highest BCUT2D eigenvalue weighted by molar-refractivity contribution is 6.30. The zero-order valence-electron chi connectivity index (χ0n) is 19.6. The van der Waals surface area contributed by atoms with Crippen molar-refractivity contribution in [1.29, 1.82) is 0 Å². The minimum absolute atomic E-state index is 0.0359. The molecular formula is C27H30ClN5O2. The zero-order chi connectivity index (χ0) is 24.3. The summed E-state index contributed by atoms with van der Waals surface area (Å²) in [7, 11) is 0. The first-order chi connectivity index (χ1) is 17.0. The second-order valence-electron chi connectivity index (χ2n) is 9.43. The van der Waals surface area contributed by atoms with E-state index >= 15 is 0 Å². The van der Waals surface area contributed by atoms with Gasteiger partial charge in [0.25, 0.3) is 0 Å². The van der Waals surface area contributed by atoms with Crippen molar-refractivity contribution in [3.63, 3.8) is 0 Å². The monoisotopic (exact) mass is 491 g/mol. The summed E-state index contributed by atoms with van der Waals surface area (Å²) in [4.78, 5) is 36.3. The van der Waals surface area contributed by atoms with Crippen LogP contribution >= 0.6 is 11.6 Å². The predicted molar refractivity (Wildman–Crippen MR) is 135 cm³/mol. The highest BCUT2D eigenvalue weighted by Gasteiger charge is 2.42. The minimum atomic E-state index is -0.619. The molecule has 0 unspecified atom stereocenters. The summed E-state index contributed by atoms with van der Waals surface area (Å²) in [6, 6.07) is 16.4. The quantitative estimate of drug-likeness (QED) is 0.494. The van der Waals surface area contributed by atoms with Gasteiger partial charge in [-0.3, -0.25) is 9.59 Å². The van der Waals surface area contributed by atoms with E-state index in [4.69, 9.17) is 11.6 Å². The van der Waals surface area contributed by atoms with Crippen LogP contribution in [0.5, 0.6) is 0 Å². The fourth-order valence-corrected chi connectivity index (χ4v) is 5.39. The van der Waals surface area contributed by atoms with Gasteiger partial charge in [0, 0.05) is 43.2 Å². The lowest BCUT2D eigenvalue weighted by molar-refractivity contribution is -0.138. The molecule has 0 radical (unpaired) electrons. The molecule has 1 fully saturated rings. The molecule has 0 saturated carbocycles. The molecule has 3 N–H and O–H groups in total. The van der Waals surface area contributed by atoms with Crippen LogP contribution in [0.25, 0.3) is 0 Å². The standard InChI is InChI=1S/C27H30ClN5O2/c28-21-8-6-20(7-9-21)17-24(34)32-23(16-19-4-2-1-3-5-19)26(35)33-14-11-27(12-15-33)25-22(10-13-31-27)29-18-30-25/h1-9,18,23,31H,10-17H2,(H,29,30)(H,32,34)/t23-/m1/s1. The Balaban J connectivity index is 1.28. The fraction of sp³-hybridized carbons (Fsp3) is 0.370. The Morgan fingerprint density at radius 2 is 1.80 bits per heavy atom. The molecule has 3 aromatic rings. The summed E-state index contributed by atoms with van der Waals surface area (Å²) >= 11 is 5.96. The van der Waals surface area contributed by atoms with Gasteiger partial charge >= 0.3 is 0 Å². The molecule has 1 saturated heterocycles. The number of aromatic amines is 1. The van der Waals surface area contributed by atoms with E-state index in [1.165, 1.54) is 5.69 Å². The zero-order valence-corrected chi connectivity index (χ0v) is 20.4. The fourth-order valence-electron chi connectivity index (χ4n) is 5.26. The van der Waals surface area contributed by atoms with Gasteiger partial charge in [-0.25, -0.2) is 4.98 Å². The molecule has 1 spiro atoms. The molecule has 1 aromatic heterocycles. The lowest BCUT2D eigenvalue weighted by Gasteiger charge is -2.44. The number of fused-ring (bicyclic) bond motifs is 2. The van der Waals surface area contributed by atoms with Crippen molar-refractivity contribution in [3.8, 4) is 0 Å². The minimum Gasteiger partial charge on any atom is -0.348 e. The van der Waals surface area contributed by atoms with Crippen molar-refractivity contribution in [1.82, 2.24) is 25.5 Å². The second kappa shape index (κ2) is 10.2. The van der Waals surface area contributed by atoms with E-state index in [-0.39, 0.29) is 23.8 Å². The van der Waals surface area contributed by atoms with E-state index in [0.717, 1.165) is 42.6 Å². The number of amides is 2. The number of nitrogens with one attached hydrogen (secondary N) is 3. The van der Waals surface area contributed by atoms with Gasteiger partial charge in [0.05, 0.1) is 24.0 Å². The summed E-state index contributed by atoms with van der Waals surface area (Å²) in [6.07, 6.45) is 4.96. The number of carbonyl (C=O) groups is 2. The summed E-state index contributed by atoms with van der Waals surface area (Å²) in [5.41, 5.74) is 3.97. The van der Waals surface area contributed by atoms with Crippen molar-refractivity contribution in [3.05, 3.63) is 88.5 Å². The highest BCUT2D eigenvalue weighted by Crippen LogP contribution is 2.36. The van der Waals surface area contributed by atoms with Crippen LogP contribution in [0.3, 0.4) is 0 Å². The molecule has 3 heterocycles. The van der Waals surface area contributed by atoms with Crippen LogP contribution in [0, 0.1) is 0 Å². The first-order valence-corrected chi connectivity index (χ1v) is 12.5. The van der Waals surface area contributed by atoms with Crippen LogP contribution < -0.4 is 10.6 Å². The van der Waals surface area contributed by atoms with E-state index in [1.807, 2.05) is 47.4 Å². The Kier molecular flexibility index (Phi) is 6.88. The van der Waals surface area contributed by atoms with Gasteiger partial charge in [0.2, 0.25) is 11.8 Å². The van der Waals surface area contributed by atoms with Crippen LogP contribution in [0.2, 0.25) is 5.02 Å². The second-order valence-corrected chi connectivity index (χ2v) is 9.86. The normalized spacial score (nSPS) is 17.6. The first-order valence-electron chi connectivity index (χ1n) is 12.2. The molecule has 8 heteroatoms. The molecular weight excluding hydrogens is 462 g/mol. The molecule has 2 aromatic carbocycles. The van der Waals surface area contributed by atoms with Crippen LogP contribution in [0.4, 0.5) is 0 Å². The van der Waals surface area contributed by atoms with Crippen molar-refractivity contribution in [2.24, 2.45) is 0 Å². The van der Waals surface area contributed by atoms with E-state index in [9.17, 15) is 9.59 Å². The van der Waals surface area contributed by atoms with E-state index < -0.39 is 6.04 Å². The number of imidazole rings is 1. The van der Waals surface area contributed by atoms with Gasteiger partial charge in [-0.05, 0) is 36.1 Å². The maximum absolute atomic E-state index is 13.7. The van der Waals surface area contributed by atoms with Gasteiger partial charge in [0.15, 0.2) is 0 Å². The summed E-state index contributed by atoms with van der Waals surface area (Å²) in [5.74, 6) is -0.212. The molecule has 0 bridgehead atoms. The van der Waals surface area contributed by atoms with Crippen LogP contribution in [-0.4, -0.2) is 52.4 Å². The number of benzene rings is 2. The average molecular weight is 492 g/mol. The molecule has 0 aliphatic carbocycles. The third-order valence-corrected chi connectivity index (χ3v) is 7.38. The number of H-pyrrole nitrogens is 1. The lowest BCUT2D eigenvalue weighted by Crippen LogP contribution is -2.58. The topological polar surface area (TPSA) is 90.1 Å². The maximum atomic E-state index is 13.7. The highest BCUT2D eigenvalue weighted by atomic mass is 35.5. The van der Waals surface area contributed by atoms with Crippen LogP contribution in [0.15, 0.2) is 60.9 Å². The number of hydrogen-bond donors (Lipinski definition) is 3. The van der Waals surface area contributed by atoms with Crippen molar-refractivity contribution in [2.75, 3.05) is 19.6 Å². The largest absolute Gasteiger partial charge is 0.348 e. The van der Waals surface area contributed by atoms with Gasteiger partial charge in [0.1, 0.15) is 6.04 Å². The number of likely N-dealkylation sites (tertiary alicyclic amines) is 1. The van der Waals surface area contributed by atoms with Gasteiger partial charge in [-0.1, -0.05) is 54.1 Å². The smallest absolute Gasteiger partial charge is 0.245 e. The van der Waals surface area contributed by atoms with Gasteiger partial charge in [-0.15, -0.1) is 0 Å². The summed E-state index contributed by atoms with van der Waals surface area (Å²) in [6.45, 7) is 2.15. The molecule has 2 aliphatic rings. The maximum Gasteiger partial charge on any atom is 0.245 e. The van der Waals surface area contributed by atoms with E-state index in [0.29, 0.717) is 24.5 Å². The molecule has 2 amide bonds. The lowest BCUT2D eigenvalue weighted by atomic mass is 9.80. The van der Waals surface area contributed by atoms with Crippen molar-refractivity contribution < 1.29 is 9.59 Å². The number of halogens is 1. The Bertz CT molecular complexity index is 1170. The number of nitrogens with zero attached hydrogens (tertiary/aromatic N) is 2. The third kappa shape index (κ3) is 5.26. The van der Waals surface area contributed by atoms with Crippen LogP contribution in [0.1, 0.15) is 35.4 Å². The van der Waals surface area contributed by atoms with Gasteiger partial charge in [-0.2, -0.15) is 0 Å². The summed E-state index contributed by atoms with van der Waals surface area (Å²) < 4.78 is 0. The molecule has 5 rings (SSSR count). The Hall–Kier alpha value is -3.16.